The number of hydrogen-bond acceptors (Lipinski definition) is 2. The third-order valence-electron chi connectivity index (χ3n) is 3.38. The van der Waals surface area contributed by atoms with E-state index in [1.165, 1.54) is 30.5 Å². The standard InChI is InChI=1S/C16H10Br2FN3O2/c17-11-5-9-10(7-20-14(9)6-12(11)18)16(24)22-21-15(23)8-3-1-2-4-13(8)19/h1-7,20H,(H,21,23)(H,22,24). The Morgan fingerprint density at radius 1 is 0.958 bits per heavy atom. The third kappa shape index (κ3) is 3.20. The van der Waals surface area contributed by atoms with Crippen LogP contribution in [0, 0.1) is 5.82 Å². The van der Waals surface area contributed by atoms with Gasteiger partial charge in [-0.15, -0.1) is 0 Å². The van der Waals surface area contributed by atoms with Crippen LogP contribution < -0.4 is 10.9 Å². The molecule has 1 heterocycles. The van der Waals surface area contributed by atoms with Crippen molar-refractivity contribution in [1.82, 2.24) is 15.8 Å². The summed E-state index contributed by atoms with van der Waals surface area (Å²) in [6.07, 6.45) is 1.54. The molecule has 0 aliphatic carbocycles. The molecule has 0 aliphatic rings. The van der Waals surface area contributed by atoms with Crippen molar-refractivity contribution in [2.24, 2.45) is 0 Å². The van der Waals surface area contributed by atoms with Gasteiger partial charge in [0.05, 0.1) is 11.1 Å². The smallest absolute Gasteiger partial charge is 0.272 e. The minimum atomic E-state index is -0.731. The highest BCUT2D eigenvalue weighted by Gasteiger charge is 2.16. The molecule has 0 radical (unpaired) electrons. The van der Waals surface area contributed by atoms with Crippen LogP contribution in [0.15, 0.2) is 51.5 Å². The van der Waals surface area contributed by atoms with Gasteiger partial charge in [-0.2, -0.15) is 0 Å². The second-order valence-electron chi connectivity index (χ2n) is 4.90. The molecule has 0 bridgehead atoms. The molecule has 3 aromatic rings. The summed E-state index contributed by atoms with van der Waals surface area (Å²) in [5.41, 5.74) is 5.45. The average molecular weight is 455 g/mol. The molecule has 3 N–H and O–H groups in total. The lowest BCUT2D eigenvalue weighted by molar-refractivity contribution is 0.0845. The molecule has 0 fully saturated rings. The number of halogens is 3. The van der Waals surface area contributed by atoms with Gasteiger partial charge < -0.3 is 4.98 Å². The predicted octanol–water partition coefficient (Wildman–Crippen LogP) is 3.91. The van der Waals surface area contributed by atoms with Crippen molar-refractivity contribution in [3.63, 3.8) is 0 Å². The zero-order valence-corrected chi connectivity index (χ0v) is 15.2. The van der Waals surface area contributed by atoms with Gasteiger partial charge in [0.15, 0.2) is 0 Å². The number of hydrogen-bond donors (Lipinski definition) is 3. The molecule has 0 saturated heterocycles. The summed E-state index contributed by atoms with van der Waals surface area (Å²) in [4.78, 5) is 27.2. The highest BCUT2D eigenvalue weighted by atomic mass is 79.9. The number of amides is 2. The molecule has 2 amide bonds. The Morgan fingerprint density at radius 3 is 2.29 bits per heavy atom. The fourth-order valence-corrected chi connectivity index (χ4v) is 2.88. The highest BCUT2D eigenvalue weighted by Crippen LogP contribution is 2.29. The van der Waals surface area contributed by atoms with Crippen molar-refractivity contribution in [2.45, 2.75) is 0 Å². The lowest BCUT2D eigenvalue weighted by Crippen LogP contribution is -2.41. The van der Waals surface area contributed by atoms with Crippen molar-refractivity contribution in [2.75, 3.05) is 0 Å². The van der Waals surface area contributed by atoms with E-state index in [-0.39, 0.29) is 5.56 Å². The topological polar surface area (TPSA) is 74.0 Å². The first kappa shape index (κ1) is 16.7. The number of carbonyl (C=O) groups is 2. The Kier molecular flexibility index (Phi) is 4.68. The summed E-state index contributed by atoms with van der Waals surface area (Å²) in [5.74, 6) is -1.91. The van der Waals surface area contributed by atoms with Gasteiger partial charge in [-0.3, -0.25) is 20.4 Å². The first-order chi connectivity index (χ1) is 11.5. The van der Waals surface area contributed by atoms with Crippen LogP contribution in [-0.2, 0) is 0 Å². The van der Waals surface area contributed by atoms with Gasteiger partial charge in [0.25, 0.3) is 11.8 Å². The number of benzene rings is 2. The largest absolute Gasteiger partial charge is 0.360 e. The van der Waals surface area contributed by atoms with Gasteiger partial charge in [-0.1, -0.05) is 12.1 Å². The lowest BCUT2D eigenvalue weighted by atomic mass is 10.1. The lowest BCUT2D eigenvalue weighted by Gasteiger charge is -2.07. The van der Waals surface area contributed by atoms with Gasteiger partial charge in [0.1, 0.15) is 5.82 Å². The molecule has 2 aromatic carbocycles. The molecule has 3 rings (SSSR count). The monoisotopic (exact) mass is 453 g/mol. The van der Waals surface area contributed by atoms with E-state index in [1.807, 2.05) is 6.07 Å². The zero-order chi connectivity index (χ0) is 17.3. The fraction of sp³-hybridized carbons (Fsp3) is 0. The Bertz CT molecular complexity index is 956. The highest BCUT2D eigenvalue weighted by molar-refractivity contribution is 9.13. The Labute approximate surface area is 152 Å². The molecule has 24 heavy (non-hydrogen) atoms. The molecule has 8 heteroatoms. The van der Waals surface area contributed by atoms with Crippen molar-refractivity contribution in [1.29, 1.82) is 0 Å². The number of carbonyl (C=O) groups excluding carboxylic acids is 2. The van der Waals surface area contributed by atoms with E-state index in [0.29, 0.717) is 10.9 Å². The van der Waals surface area contributed by atoms with E-state index in [0.717, 1.165) is 14.5 Å². The van der Waals surface area contributed by atoms with E-state index in [1.54, 1.807) is 6.07 Å². The SMILES string of the molecule is O=C(NNC(=O)c1c[nH]c2cc(Br)c(Br)cc12)c1ccccc1F. The predicted molar refractivity (Wildman–Crippen MR) is 95.0 cm³/mol. The minimum Gasteiger partial charge on any atom is -0.360 e. The van der Waals surface area contributed by atoms with Crippen molar-refractivity contribution in [3.05, 3.63) is 68.5 Å². The number of aromatic nitrogens is 1. The molecule has 122 valence electrons. The molecule has 5 nitrogen and oxygen atoms in total. The van der Waals surface area contributed by atoms with Gasteiger partial charge in [-0.05, 0) is 56.1 Å². The Hall–Kier alpha value is -2.19. The van der Waals surface area contributed by atoms with Crippen LogP contribution in [0.5, 0.6) is 0 Å². The number of fused-ring (bicyclic) bond motifs is 1. The molecular formula is C16H10Br2FN3O2. The van der Waals surface area contributed by atoms with Crippen LogP contribution in [-0.4, -0.2) is 16.8 Å². The van der Waals surface area contributed by atoms with Crippen molar-refractivity contribution in [3.8, 4) is 0 Å². The molecule has 0 spiro atoms. The minimum absolute atomic E-state index is 0.150. The van der Waals surface area contributed by atoms with Crippen LogP contribution in [0.1, 0.15) is 20.7 Å². The maximum absolute atomic E-state index is 13.5. The first-order valence-corrected chi connectivity index (χ1v) is 8.37. The summed E-state index contributed by atoms with van der Waals surface area (Å²) < 4.78 is 15.2. The molecule has 0 unspecified atom stereocenters. The number of H-pyrrole nitrogens is 1. The van der Waals surface area contributed by atoms with Crippen LogP contribution in [0.2, 0.25) is 0 Å². The summed E-state index contributed by atoms with van der Waals surface area (Å²) in [5, 5.41) is 0.683. The van der Waals surface area contributed by atoms with Crippen LogP contribution in [0.4, 0.5) is 4.39 Å². The van der Waals surface area contributed by atoms with Gasteiger partial charge >= 0.3 is 0 Å². The average Bonchev–Trinajstić information content (AvgIpc) is 2.96. The zero-order valence-electron chi connectivity index (χ0n) is 12.0. The first-order valence-electron chi connectivity index (χ1n) is 6.78. The van der Waals surface area contributed by atoms with Crippen molar-refractivity contribution >= 4 is 54.6 Å². The molecule has 0 aliphatic heterocycles. The number of rotatable bonds is 2. The van der Waals surface area contributed by atoms with E-state index in [4.69, 9.17) is 0 Å². The summed E-state index contributed by atoms with van der Waals surface area (Å²) >= 11 is 6.77. The summed E-state index contributed by atoms with van der Waals surface area (Å²) in [6.45, 7) is 0. The van der Waals surface area contributed by atoms with Gasteiger partial charge in [0, 0.05) is 26.0 Å². The van der Waals surface area contributed by atoms with E-state index >= 15 is 0 Å². The van der Waals surface area contributed by atoms with E-state index in [9.17, 15) is 14.0 Å². The van der Waals surface area contributed by atoms with Gasteiger partial charge in [-0.25, -0.2) is 4.39 Å². The van der Waals surface area contributed by atoms with E-state index in [2.05, 4.69) is 47.7 Å². The molecular weight excluding hydrogens is 445 g/mol. The third-order valence-corrected chi connectivity index (χ3v) is 5.22. The van der Waals surface area contributed by atoms with Crippen LogP contribution in [0.3, 0.4) is 0 Å². The molecule has 0 saturated carbocycles. The maximum Gasteiger partial charge on any atom is 0.272 e. The number of nitrogens with one attached hydrogen (secondary N) is 3. The van der Waals surface area contributed by atoms with E-state index < -0.39 is 17.6 Å². The fourth-order valence-electron chi connectivity index (χ4n) is 2.20. The second-order valence-corrected chi connectivity index (χ2v) is 6.61. The normalized spacial score (nSPS) is 10.6. The summed E-state index contributed by atoms with van der Waals surface area (Å²) in [6, 6.07) is 9.13. The van der Waals surface area contributed by atoms with Crippen molar-refractivity contribution < 1.29 is 14.0 Å². The quantitative estimate of drug-likeness (QED) is 0.513. The number of hydrazine groups is 1. The molecule has 0 atom stereocenters. The molecule has 1 aromatic heterocycles. The second kappa shape index (κ2) is 6.74. The Balaban J connectivity index is 1.77. The summed E-state index contributed by atoms with van der Waals surface area (Å²) in [7, 11) is 0. The van der Waals surface area contributed by atoms with Gasteiger partial charge in [0.2, 0.25) is 0 Å². The number of aromatic amines is 1. The van der Waals surface area contributed by atoms with Crippen LogP contribution >= 0.6 is 31.9 Å². The van der Waals surface area contributed by atoms with Crippen LogP contribution in [0.25, 0.3) is 10.9 Å². The Morgan fingerprint density at radius 2 is 1.58 bits per heavy atom. The maximum atomic E-state index is 13.5.